The van der Waals surface area contributed by atoms with E-state index >= 15 is 0 Å². The Balaban J connectivity index is 0.967. The molecule has 2 heteroatoms. The summed E-state index contributed by atoms with van der Waals surface area (Å²) in [4.78, 5) is 2.40. The lowest BCUT2D eigenvalue weighted by atomic mass is 9.70. The maximum Gasteiger partial charge on any atom is 0.159 e. The number of hydrogen-bond acceptors (Lipinski definition) is 2. The minimum Gasteiger partial charge on any atom is -0.454 e. The second-order valence-electron chi connectivity index (χ2n) is 17.9. The van der Waals surface area contributed by atoms with Crippen LogP contribution < -0.4 is 4.90 Å². The molecule has 14 rings (SSSR count). The summed E-state index contributed by atoms with van der Waals surface area (Å²) in [6.07, 6.45) is 0. The molecule has 2 aliphatic carbocycles. The van der Waals surface area contributed by atoms with Crippen molar-refractivity contribution in [3.05, 3.63) is 271 Å². The number of para-hydroxylation sites is 2. The van der Waals surface area contributed by atoms with Gasteiger partial charge in [0.25, 0.3) is 0 Å². The van der Waals surface area contributed by atoms with Gasteiger partial charge in [0, 0.05) is 22.1 Å². The van der Waals surface area contributed by atoms with Crippen LogP contribution in [0.25, 0.3) is 88.3 Å². The molecule has 0 aliphatic heterocycles. The molecule has 312 valence electrons. The van der Waals surface area contributed by atoms with Crippen LogP contribution in [0.5, 0.6) is 0 Å². The van der Waals surface area contributed by atoms with Gasteiger partial charge in [-0.1, -0.05) is 212 Å². The van der Waals surface area contributed by atoms with Crippen LogP contribution in [-0.2, 0) is 5.41 Å². The second kappa shape index (κ2) is 14.7. The molecule has 1 heterocycles. The van der Waals surface area contributed by atoms with Gasteiger partial charge in [-0.15, -0.1) is 0 Å². The fourth-order valence-electron chi connectivity index (χ4n) is 11.6. The van der Waals surface area contributed by atoms with E-state index in [4.69, 9.17) is 4.42 Å². The summed E-state index contributed by atoms with van der Waals surface area (Å²) in [5.41, 5.74) is 22.0. The fraction of sp³-hybridized carbons (Fsp3) is 0.0154. The normalized spacial score (nSPS) is 12.9. The predicted molar refractivity (Wildman–Crippen MR) is 279 cm³/mol. The molecule has 0 amide bonds. The lowest BCUT2D eigenvalue weighted by molar-refractivity contribution is 0.669. The number of anilines is 3. The Morgan fingerprint density at radius 2 is 0.836 bits per heavy atom. The van der Waals surface area contributed by atoms with Gasteiger partial charge in [0.1, 0.15) is 5.58 Å². The Hall–Kier alpha value is -8.72. The van der Waals surface area contributed by atoms with Crippen molar-refractivity contribution in [1.29, 1.82) is 0 Å². The Labute approximate surface area is 389 Å². The van der Waals surface area contributed by atoms with Crippen LogP contribution in [0.15, 0.2) is 253 Å². The van der Waals surface area contributed by atoms with Crippen molar-refractivity contribution >= 4 is 49.8 Å². The van der Waals surface area contributed by atoms with E-state index in [-0.39, 0.29) is 0 Å². The van der Waals surface area contributed by atoms with Crippen molar-refractivity contribution in [1.82, 2.24) is 0 Å². The third-order valence-electron chi connectivity index (χ3n) is 14.5. The Morgan fingerprint density at radius 3 is 1.55 bits per heavy atom. The first-order valence-electron chi connectivity index (χ1n) is 23.2. The summed E-state index contributed by atoms with van der Waals surface area (Å²) in [6, 6.07) is 91.2. The van der Waals surface area contributed by atoms with Gasteiger partial charge in [-0.05, 0) is 125 Å². The van der Waals surface area contributed by atoms with Crippen molar-refractivity contribution < 1.29 is 4.42 Å². The van der Waals surface area contributed by atoms with Gasteiger partial charge < -0.3 is 9.32 Å². The molecule has 2 aliphatic rings. The predicted octanol–water partition coefficient (Wildman–Crippen LogP) is 17.6. The highest BCUT2D eigenvalue weighted by Gasteiger charge is 2.51. The van der Waals surface area contributed by atoms with Crippen LogP contribution in [0.1, 0.15) is 22.3 Å². The van der Waals surface area contributed by atoms with Crippen LogP contribution in [0.2, 0.25) is 0 Å². The van der Waals surface area contributed by atoms with Crippen molar-refractivity contribution in [3.63, 3.8) is 0 Å². The largest absolute Gasteiger partial charge is 0.454 e. The molecular formula is C65H41NO. The minimum atomic E-state index is -0.470. The number of benzene rings is 11. The number of rotatable bonds is 6. The first kappa shape index (κ1) is 37.6. The Morgan fingerprint density at radius 1 is 0.313 bits per heavy atom. The summed E-state index contributed by atoms with van der Waals surface area (Å²) in [5.74, 6) is 0. The molecule has 0 unspecified atom stereocenters. The number of hydrogen-bond donors (Lipinski definition) is 0. The quantitative estimate of drug-likeness (QED) is 0.166. The average Bonchev–Trinajstić information content (AvgIpc) is 4.04. The minimum absolute atomic E-state index is 0.470. The monoisotopic (exact) mass is 851 g/mol. The van der Waals surface area contributed by atoms with Crippen molar-refractivity contribution in [2.75, 3.05) is 4.90 Å². The molecule has 0 saturated heterocycles. The molecule has 0 fully saturated rings. The fourth-order valence-corrected chi connectivity index (χ4v) is 11.6. The van der Waals surface area contributed by atoms with Gasteiger partial charge in [-0.3, -0.25) is 0 Å². The van der Waals surface area contributed by atoms with Gasteiger partial charge in [0.05, 0.1) is 11.1 Å². The third-order valence-corrected chi connectivity index (χ3v) is 14.5. The van der Waals surface area contributed by atoms with Crippen LogP contribution in [0.3, 0.4) is 0 Å². The van der Waals surface area contributed by atoms with Gasteiger partial charge in [-0.25, -0.2) is 0 Å². The standard InChI is InChI=1S/C65H41NO/c1-2-15-42(16-3-1)43-29-31-46(32-30-43)63-49-18-5-4-17-44(49)35-39-50(63)45-33-36-47(37-34-45)66(61-27-14-23-56-55-22-9-13-28-62(55)67-64(56)61)48-38-40-54-53-21-8-12-26-59(53)65(60(54)41-48)57-24-10-6-19-51(57)52-20-7-11-25-58(52)65/h1-41H. The third kappa shape index (κ3) is 5.51. The molecule has 67 heavy (non-hydrogen) atoms. The van der Waals surface area contributed by atoms with Gasteiger partial charge in [0.15, 0.2) is 5.58 Å². The van der Waals surface area contributed by atoms with Gasteiger partial charge in [-0.2, -0.15) is 0 Å². The molecule has 2 nitrogen and oxygen atoms in total. The highest BCUT2D eigenvalue weighted by atomic mass is 16.3. The Bertz CT molecular complexity index is 3850. The van der Waals surface area contributed by atoms with E-state index in [9.17, 15) is 0 Å². The summed E-state index contributed by atoms with van der Waals surface area (Å²) in [5, 5.41) is 4.66. The summed E-state index contributed by atoms with van der Waals surface area (Å²) in [7, 11) is 0. The maximum atomic E-state index is 6.83. The summed E-state index contributed by atoms with van der Waals surface area (Å²) < 4.78 is 6.83. The van der Waals surface area contributed by atoms with Crippen LogP contribution in [0.4, 0.5) is 17.1 Å². The lowest BCUT2D eigenvalue weighted by Crippen LogP contribution is -2.26. The number of nitrogens with zero attached hydrogens (tertiary/aromatic N) is 1. The van der Waals surface area contributed by atoms with Crippen molar-refractivity contribution in [3.8, 4) is 55.6 Å². The average molecular weight is 852 g/mol. The SMILES string of the molecule is c1ccc(-c2ccc(-c3c(-c4ccc(N(c5ccc6c(c5)C5(c7ccccc7-c7ccccc75)c5ccccc5-6)c5cccc6c5oc5ccccc56)cc4)ccc4ccccc34)cc2)cc1. The smallest absolute Gasteiger partial charge is 0.159 e. The molecule has 11 aromatic carbocycles. The molecule has 12 aromatic rings. The highest BCUT2D eigenvalue weighted by Crippen LogP contribution is 2.63. The van der Waals surface area contributed by atoms with E-state index in [1.54, 1.807) is 0 Å². The zero-order valence-corrected chi connectivity index (χ0v) is 36.5. The molecule has 1 spiro atoms. The first-order chi connectivity index (χ1) is 33.2. The summed E-state index contributed by atoms with van der Waals surface area (Å²) >= 11 is 0. The molecule has 1 aromatic heterocycles. The highest BCUT2D eigenvalue weighted by molar-refractivity contribution is 6.11. The van der Waals surface area contributed by atoms with Crippen LogP contribution in [0, 0.1) is 0 Å². The van der Waals surface area contributed by atoms with Crippen LogP contribution >= 0.6 is 0 Å². The molecule has 0 N–H and O–H groups in total. The van der Waals surface area contributed by atoms with E-state index in [2.05, 4.69) is 254 Å². The van der Waals surface area contributed by atoms with Gasteiger partial charge in [0.2, 0.25) is 0 Å². The topological polar surface area (TPSA) is 16.4 Å². The van der Waals surface area contributed by atoms with E-state index in [0.29, 0.717) is 0 Å². The van der Waals surface area contributed by atoms with E-state index < -0.39 is 5.41 Å². The maximum absolute atomic E-state index is 6.83. The molecule has 0 bridgehead atoms. The molecular weight excluding hydrogens is 811 g/mol. The van der Waals surface area contributed by atoms with Gasteiger partial charge >= 0.3 is 0 Å². The van der Waals surface area contributed by atoms with Crippen LogP contribution in [-0.4, -0.2) is 0 Å². The van der Waals surface area contributed by atoms with Crippen molar-refractivity contribution in [2.24, 2.45) is 0 Å². The first-order valence-corrected chi connectivity index (χ1v) is 23.2. The summed E-state index contributed by atoms with van der Waals surface area (Å²) in [6.45, 7) is 0. The zero-order chi connectivity index (χ0) is 44.1. The van der Waals surface area contributed by atoms with E-state index in [0.717, 1.165) is 44.6 Å². The second-order valence-corrected chi connectivity index (χ2v) is 17.9. The number of furan rings is 1. The molecule has 0 atom stereocenters. The molecule has 0 radical (unpaired) electrons. The lowest BCUT2D eigenvalue weighted by Gasteiger charge is -2.32. The number of fused-ring (bicyclic) bond motifs is 14. The van der Waals surface area contributed by atoms with Crippen molar-refractivity contribution in [2.45, 2.75) is 5.41 Å². The zero-order valence-electron chi connectivity index (χ0n) is 36.5. The van der Waals surface area contributed by atoms with E-state index in [1.165, 1.54) is 83.1 Å². The molecule has 0 saturated carbocycles. The van der Waals surface area contributed by atoms with E-state index in [1.807, 2.05) is 0 Å². The Kier molecular flexibility index (Phi) is 8.23.